The first-order valence-corrected chi connectivity index (χ1v) is 11.5. The predicted octanol–water partition coefficient (Wildman–Crippen LogP) is 8.09. The lowest BCUT2D eigenvalue weighted by atomic mass is 10.0. The first-order chi connectivity index (χ1) is 15.4. The third kappa shape index (κ3) is 1.93. The van der Waals surface area contributed by atoms with E-state index in [1.807, 2.05) is 0 Å². The third-order valence-electron chi connectivity index (χ3n) is 7.90. The maximum absolute atomic E-state index is 2.53. The van der Waals surface area contributed by atoms with Crippen molar-refractivity contribution in [2.24, 2.45) is 0 Å². The van der Waals surface area contributed by atoms with Gasteiger partial charge in [-0.15, -0.1) is 0 Å². The van der Waals surface area contributed by atoms with Crippen molar-refractivity contribution in [1.29, 1.82) is 0 Å². The lowest BCUT2D eigenvalue weighted by molar-refractivity contribution is 1.24. The monoisotopic (exact) mass is 414 g/mol. The predicted molar refractivity (Wildman–Crippen MR) is 138 cm³/mol. The van der Waals surface area contributed by atoms with Crippen LogP contribution in [0.2, 0.25) is 0 Å². The molecule has 0 amide bonds. The lowest BCUT2D eigenvalue weighted by Crippen LogP contribution is -1.98. The van der Waals surface area contributed by atoms with Gasteiger partial charge in [-0.2, -0.15) is 0 Å². The highest BCUT2D eigenvalue weighted by Crippen LogP contribution is 2.43. The summed E-state index contributed by atoms with van der Waals surface area (Å²) in [5.74, 6) is 0. The van der Waals surface area contributed by atoms with Crippen LogP contribution in [0, 0.1) is 41.5 Å². The van der Waals surface area contributed by atoms with Crippen LogP contribution in [0.1, 0.15) is 33.4 Å². The van der Waals surface area contributed by atoms with Crippen LogP contribution in [-0.4, -0.2) is 8.80 Å². The molecule has 0 N–H and O–H groups in total. The van der Waals surface area contributed by atoms with Crippen LogP contribution >= 0.6 is 0 Å². The zero-order chi connectivity index (χ0) is 22.0. The van der Waals surface area contributed by atoms with Crippen molar-refractivity contribution in [3.63, 3.8) is 0 Å². The molecule has 0 saturated carbocycles. The SMILES string of the molecule is Cc1cc2c3c(C)ccc4c3n(c2cc1C)c1ccc(C)c2c3cc(C)c(C)cc3n4c21. The van der Waals surface area contributed by atoms with Crippen LogP contribution in [0.5, 0.6) is 0 Å². The largest absolute Gasteiger partial charge is 0.305 e. The zero-order valence-corrected chi connectivity index (χ0v) is 19.5. The Bertz CT molecular complexity index is 1780. The number of fused-ring (bicyclic) bond motifs is 8. The third-order valence-corrected chi connectivity index (χ3v) is 7.90. The van der Waals surface area contributed by atoms with Gasteiger partial charge in [-0.05, 0) is 111 Å². The van der Waals surface area contributed by atoms with Gasteiger partial charge in [-0.25, -0.2) is 0 Å². The molecule has 4 aromatic carbocycles. The van der Waals surface area contributed by atoms with Crippen LogP contribution in [-0.2, 0) is 0 Å². The van der Waals surface area contributed by atoms with Gasteiger partial charge in [-0.1, -0.05) is 12.1 Å². The van der Waals surface area contributed by atoms with Crippen molar-refractivity contribution < 1.29 is 0 Å². The Hall–Kier alpha value is -3.52. The number of aromatic nitrogens is 2. The molecular weight excluding hydrogens is 388 g/mol. The number of benzene rings is 4. The van der Waals surface area contributed by atoms with E-state index >= 15 is 0 Å². The highest BCUT2D eigenvalue weighted by atomic mass is 15.0. The van der Waals surface area contributed by atoms with Crippen molar-refractivity contribution in [1.82, 2.24) is 8.80 Å². The number of hydrogen-bond donors (Lipinski definition) is 0. The summed E-state index contributed by atoms with van der Waals surface area (Å²) >= 11 is 0. The average Bonchev–Trinajstić information content (AvgIpc) is 3.25. The minimum absolute atomic E-state index is 1.29. The van der Waals surface area contributed by atoms with E-state index in [1.54, 1.807) is 0 Å². The van der Waals surface area contributed by atoms with Gasteiger partial charge in [0.1, 0.15) is 0 Å². The van der Waals surface area contributed by atoms with Gasteiger partial charge in [0.2, 0.25) is 0 Å². The van der Waals surface area contributed by atoms with E-state index in [0.29, 0.717) is 0 Å². The second kappa shape index (κ2) is 5.63. The summed E-state index contributed by atoms with van der Waals surface area (Å²) in [5, 5.41) is 5.48. The second-order valence-corrected chi connectivity index (χ2v) is 9.83. The zero-order valence-electron chi connectivity index (χ0n) is 19.5. The Kier molecular flexibility index (Phi) is 3.19. The van der Waals surface area contributed by atoms with Gasteiger partial charge < -0.3 is 8.80 Å². The summed E-state index contributed by atoms with van der Waals surface area (Å²) in [6.07, 6.45) is 0. The van der Waals surface area contributed by atoms with E-state index in [9.17, 15) is 0 Å². The number of rotatable bonds is 0. The summed E-state index contributed by atoms with van der Waals surface area (Å²) in [4.78, 5) is 0. The molecule has 0 aliphatic carbocycles. The Morgan fingerprint density at radius 1 is 0.406 bits per heavy atom. The molecule has 156 valence electrons. The molecule has 3 aromatic heterocycles. The van der Waals surface area contributed by atoms with Gasteiger partial charge in [0.25, 0.3) is 0 Å². The van der Waals surface area contributed by atoms with Crippen LogP contribution in [0.25, 0.3) is 54.6 Å². The molecule has 2 heteroatoms. The molecule has 0 atom stereocenters. The first kappa shape index (κ1) is 18.1. The summed E-state index contributed by atoms with van der Waals surface area (Å²) in [6, 6.07) is 18.8. The number of hydrogen-bond acceptors (Lipinski definition) is 0. The Labute approximate surface area is 187 Å². The smallest absolute Gasteiger partial charge is 0.0785 e. The fraction of sp³-hybridized carbons (Fsp3) is 0.200. The van der Waals surface area contributed by atoms with Crippen molar-refractivity contribution in [3.05, 3.63) is 81.9 Å². The molecule has 0 spiro atoms. The molecule has 0 aliphatic rings. The summed E-state index contributed by atoms with van der Waals surface area (Å²) in [6.45, 7) is 13.4. The Morgan fingerprint density at radius 2 is 0.781 bits per heavy atom. The van der Waals surface area contributed by atoms with E-state index in [0.717, 1.165) is 0 Å². The maximum atomic E-state index is 2.53. The van der Waals surface area contributed by atoms with Gasteiger partial charge in [0.05, 0.1) is 33.1 Å². The molecule has 0 fully saturated rings. The van der Waals surface area contributed by atoms with Crippen LogP contribution in [0.3, 0.4) is 0 Å². The summed E-state index contributed by atoms with van der Waals surface area (Å²) in [5.41, 5.74) is 15.9. The molecule has 0 radical (unpaired) electrons. The maximum Gasteiger partial charge on any atom is 0.0785 e. The molecule has 0 unspecified atom stereocenters. The topological polar surface area (TPSA) is 8.82 Å². The molecule has 0 bridgehead atoms. The first-order valence-electron chi connectivity index (χ1n) is 11.5. The molecule has 2 nitrogen and oxygen atoms in total. The van der Waals surface area contributed by atoms with Crippen molar-refractivity contribution in [3.8, 4) is 0 Å². The minimum atomic E-state index is 1.29. The van der Waals surface area contributed by atoms with Crippen LogP contribution in [0.15, 0.2) is 48.5 Å². The summed E-state index contributed by atoms with van der Waals surface area (Å²) < 4.78 is 5.06. The molecule has 7 rings (SSSR count). The molecule has 7 aromatic rings. The molecule has 32 heavy (non-hydrogen) atoms. The highest BCUT2D eigenvalue weighted by Gasteiger charge is 2.23. The Balaban J connectivity index is 1.95. The van der Waals surface area contributed by atoms with Gasteiger partial charge in [0.15, 0.2) is 0 Å². The fourth-order valence-corrected chi connectivity index (χ4v) is 5.97. The normalized spacial score (nSPS) is 12.7. The van der Waals surface area contributed by atoms with Crippen molar-refractivity contribution in [2.75, 3.05) is 0 Å². The minimum Gasteiger partial charge on any atom is -0.305 e. The van der Waals surface area contributed by atoms with Crippen LogP contribution in [0.4, 0.5) is 0 Å². The van der Waals surface area contributed by atoms with Gasteiger partial charge >= 0.3 is 0 Å². The summed E-state index contributed by atoms with van der Waals surface area (Å²) in [7, 11) is 0. The Morgan fingerprint density at radius 3 is 1.19 bits per heavy atom. The van der Waals surface area contributed by atoms with E-state index < -0.39 is 0 Å². The average molecular weight is 415 g/mol. The number of aryl methyl sites for hydroxylation is 6. The molecular formula is C30H26N2. The van der Waals surface area contributed by atoms with E-state index in [-0.39, 0.29) is 0 Å². The van der Waals surface area contributed by atoms with E-state index in [2.05, 4.69) is 98.9 Å². The van der Waals surface area contributed by atoms with Crippen LogP contribution < -0.4 is 0 Å². The van der Waals surface area contributed by atoms with Gasteiger partial charge in [0, 0.05) is 21.5 Å². The molecule has 0 saturated heterocycles. The van der Waals surface area contributed by atoms with Crippen molar-refractivity contribution >= 4 is 54.6 Å². The second-order valence-electron chi connectivity index (χ2n) is 9.83. The van der Waals surface area contributed by atoms with E-state index in [4.69, 9.17) is 0 Å². The highest BCUT2D eigenvalue weighted by molar-refractivity contribution is 6.23. The quantitative estimate of drug-likeness (QED) is 0.222. The van der Waals surface area contributed by atoms with Crippen molar-refractivity contribution in [2.45, 2.75) is 41.5 Å². The molecule has 3 heterocycles. The van der Waals surface area contributed by atoms with Gasteiger partial charge in [-0.3, -0.25) is 0 Å². The number of nitrogens with zero attached hydrogens (tertiary/aromatic N) is 2. The van der Waals surface area contributed by atoms with E-state index in [1.165, 1.54) is 88.0 Å². The standard InChI is InChI=1S/C30H26N2/c1-15-7-9-23-29-27(15)21-11-17(3)19(5)13-25(21)31(29)24-10-8-16(2)28-22-12-18(4)20(6)14-26(22)32(23)30(24)28/h7-14H,1-6H3. The lowest BCUT2D eigenvalue weighted by Gasteiger charge is -2.13. The fourth-order valence-electron chi connectivity index (χ4n) is 5.97. The molecule has 0 aliphatic heterocycles.